The van der Waals surface area contributed by atoms with Gasteiger partial charge in [0.15, 0.2) is 5.71 Å². The third-order valence-electron chi connectivity index (χ3n) is 3.11. The van der Waals surface area contributed by atoms with Crippen LogP contribution < -0.4 is 5.43 Å². The van der Waals surface area contributed by atoms with Crippen LogP contribution in [0, 0.1) is 5.92 Å². The molecule has 1 heterocycles. The van der Waals surface area contributed by atoms with Crippen molar-refractivity contribution >= 4 is 18.0 Å². The molecule has 15 heavy (non-hydrogen) atoms. The number of nitrogens with one attached hydrogen (secondary N) is 1. The summed E-state index contributed by atoms with van der Waals surface area (Å²) in [6.07, 6.45) is 3.38. The highest BCUT2D eigenvalue weighted by Gasteiger charge is 2.51. The number of aldehydes is 1. The highest BCUT2D eigenvalue weighted by Crippen LogP contribution is 2.38. The summed E-state index contributed by atoms with van der Waals surface area (Å²) in [4.78, 5) is 22.6. The van der Waals surface area contributed by atoms with Gasteiger partial charge in [-0.05, 0) is 26.2 Å². The van der Waals surface area contributed by atoms with Crippen LogP contribution in [-0.4, -0.2) is 30.1 Å². The van der Waals surface area contributed by atoms with Crippen LogP contribution in [0.1, 0.15) is 26.2 Å². The summed E-state index contributed by atoms with van der Waals surface area (Å²) < 4.78 is 4.90. The number of ether oxygens (including phenoxy) is 1. The van der Waals surface area contributed by atoms with E-state index >= 15 is 0 Å². The zero-order valence-corrected chi connectivity index (χ0v) is 8.66. The monoisotopic (exact) mass is 210 g/mol. The Balaban J connectivity index is 2.17. The molecule has 1 N–H and O–H groups in total. The van der Waals surface area contributed by atoms with Crippen molar-refractivity contribution in [3.63, 3.8) is 0 Å². The predicted molar refractivity (Wildman–Crippen MR) is 53.3 cm³/mol. The first-order valence-corrected chi connectivity index (χ1v) is 5.21. The first-order valence-electron chi connectivity index (χ1n) is 5.21. The van der Waals surface area contributed by atoms with Gasteiger partial charge in [-0.3, -0.25) is 5.43 Å². The van der Waals surface area contributed by atoms with E-state index < -0.39 is 11.5 Å². The highest BCUT2D eigenvalue weighted by atomic mass is 16.5. The van der Waals surface area contributed by atoms with Gasteiger partial charge in [0, 0.05) is 5.92 Å². The van der Waals surface area contributed by atoms with Crippen LogP contribution in [-0.2, 0) is 14.3 Å². The van der Waals surface area contributed by atoms with Crippen LogP contribution in [0.5, 0.6) is 0 Å². The summed E-state index contributed by atoms with van der Waals surface area (Å²) in [5, 5.41) is 3.94. The molecule has 0 saturated heterocycles. The molecule has 82 valence electrons. The number of esters is 1. The molecule has 0 unspecified atom stereocenters. The fourth-order valence-electron chi connectivity index (χ4n) is 2.35. The van der Waals surface area contributed by atoms with Crippen molar-refractivity contribution in [3.05, 3.63) is 0 Å². The van der Waals surface area contributed by atoms with Gasteiger partial charge in [-0.15, -0.1) is 0 Å². The van der Waals surface area contributed by atoms with E-state index in [1.807, 2.05) is 0 Å². The molecule has 2 atom stereocenters. The van der Waals surface area contributed by atoms with Gasteiger partial charge in [0.05, 0.1) is 6.61 Å². The lowest BCUT2D eigenvalue weighted by Crippen LogP contribution is -2.45. The number of nitrogens with zero attached hydrogens (tertiary/aromatic N) is 1. The quantitative estimate of drug-likeness (QED) is 0.535. The number of fused-ring (bicyclic) bond motifs is 1. The lowest BCUT2D eigenvalue weighted by molar-refractivity contribution is -0.135. The number of rotatable bonds is 3. The van der Waals surface area contributed by atoms with E-state index in [2.05, 4.69) is 10.5 Å². The Morgan fingerprint density at radius 1 is 1.80 bits per heavy atom. The van der Waals surface area contributed by atoms with Crippen LogP contribution in [0.4, 0.5) is 0 Å². The topological polar surface area (TPSA) is 67.8 Å². The van der Waals surface area contributed by atoms with E-state index in [0.717, 1.165) is 25.5 Å². The number of carbonyl (C=O) groups is 2. The van der Waals surface area contributed by atoms with E-state index in [-0.39, 0.29) is 5.92 Å². The van der Waals surface area contributed by atoms with Crippen molar-refractivity contribution in [2.75, 3.05) is 6.61 Å². The maximum absolute atomic E-state index is 11.5. The van der Waals surface area contributed by atoms with Gasteiger partial charge in [-0.1, -0.05) is 0 Å². The van der Waals surface area contributed by atoms with Crippen molar-refractivity contribution in [1.82, 2.24) is 5.43 Å². The lowest BCUT2D eigenvalue weighted by Gasteiger charge is -2.21. The van der Waals surface area contributed by atoms with E-state index in [0.29, 0.717) is 12.3 Å². The lowest BCUT2D eigenvalue weighted by atomic mass is 9.87. The second-order valence-corrected chi connectivity index (χ2v) is 3.93. The normalized spacial score (nSPS) is 32.9. The fraction of sp³-hybridized carbons (Fsp3) is 0.700. The summed E-state index contributed by atoms with van der Waals surface area (Å²) in [5.74, 6) is -0.505. The van der Waals surface area contributed by atoms with Crippen molar-refractivity contribution in [1.29, 1.82) is 0 Å². The second-order valence-electron chi connectivity index (χ2n) is 3.93. The number of hydrazone groups is 1. The van der Waals surface area contributed by atoms with Crippen LogP contribution in [0.25, 0.3) is 0 Å². The highest BCUT2D eigenvalue weighted by molar-refractivity contribution is 6.38. The smallest absolute Gasteiger partial charge is 0.354 e. The van der Waals surface area contributed by atoms with Gasteiger partial charge in [-0.2, -0.15) is 5.10 Å². The SMILES string of the molecule is CCOC(=O)C1=NN[C@]2(C=O)CCC[C@H]12. The van der Waals surface area contributed by atoms with Crippen LogP contribution in [0.15, 0.2) is 5.10 Å². The van der Waals surface area contributed by atoms with Crippen LogP contribution in [0.3, 0.4) is 0 Å². The average Bonchev–Trinajstić information content (AvgIpc) is 2.75. The fourth-order valence-corrected chi connectivity index (χ4v) is 2.35. The zero-order valence-electron chi connectivity index (χ0n) is 8.66. The molecular formula is C10H14N2O3. The Morgan fingerprint density at radius 2 is 2.60 bits per heavy atom. The summed E-state index contributed by atoms with van der Waals surface area (Å²) in [5.41, 5.74) is 2.53. The number of hydrogen-bond acceptors (Lipinski definition) is 5. The summed E-state index contributed by atoms with van der Waals surface area (Å²) in [6.45, 7) is 2.08. The molecule has 0 spiro atoms. The van der Waals surface area contributed by atoms with Gasteiger partial charge in [0.1, 0.15) is 11.8 Å². The third-order valence-corrected chi connectivity index (χ3v) is 3.11. The first-order chi connectivity index (χ1) is 7.23. The molecule has 0 aromatic heterocycles. The molecule has 1 aliphatic carbocycles. The van der Waals surface area contributed by atoms with Crippen molar-refractivity contribution in [2.45, 2.75) is 31.7 Å². The minimum absolute atomic E-state index is 0.103. The molecule has 0 aromatic rings. The molecule has 2 rings (SSSR count). The Labute approximate surface area is 87.9 Å². The molecule has 0 amide bonds. The summed E-state index contributed by atoms with van der Waals surface area (Å²) in [7, 11) is 0. The third kappa shape index (κ3) is 1.42. The van der Waals surface area contributed by atoms with Crippen molar-refractivity contribution < 1.29 is 14.3 Å². The molecule has 1 saturated carbocycles. The maximum Gasteiger partial charge on any atom is 0.354 e. The molecule has 0 bridgehead atoms. The Bertz CT molecular complexity index is 327. The predicted octanol–water partition coefficient (Wildman–Crippen LogP) is 0.246. The summed E-state index contributed by atoms with van der Waals surface area (Å²) >= 11 is 0. The van der Waals surface area contributed by atoms with Gasteiger partial charge in [0.2, 0.25) is 0 Å². The minimum atomic E-state index is -0.637. The van der Waals surface area contributed by atoms with E-state index in [9.17, 15) is 9.59 Å². The molecule has 0 radical (unpaired) electrons. The minimum Gasteiger partial charge on any atom is -0.461 e. The van der Waals surface area contributed by atoms with Gasteiger partial charge in [0.25, 0.3) is 0 Å². The van der Waals surface area contributed by atoms with Crippen molar-refractivity contribution in [2.24, 2.45) is 11.0 Å². The van der Waals surface area contributed by atoms with Gasteiger partial charge >= 0.3 is 5.97 Å². The molecule has 1 aliphatic heterocycles. The number of carbonyl (C=O) groups excluding carboxylic acids is 2. The molecule has 0 aromatic carbocycles. The van der Waals surface area contributed by atoms with Crippen molar-refractivity contribution in [3.8, 4) is 0 Å². The Hall–Kier alpha value is -1.39. The number of hydrogen-bond donors (Lipinski definition) is 1. The molecule has 1 fully saturated rings. The van der Waals surface area contributed by atoms with E-state index in [4.69, 9.17) is 4.74 Å². The van der Waals surface area contributed by atoms with Crippen LogP contribution in [0.2, 0.25) is 0 Å². The Morgan fingerprint density at radius 3 is 3.27 bits per heavy atom. The molecular weight excluding hydrogens is 196 g/mol. The van der Waals surface area contributed by atoms with Gasteiger partial charge < -0.3 is 9.53 Å². The first kappa shape index (κ1) is 10.1. The maximum atomic E-state index is 11.5. The standard InChI is InChI=1S/C10H14N2O3/c1-2-15-9(14)8-7-4-3-5-10(7,6-13)12-11-8/h6-7,12H,2-5H2,1H3/t7-,10+/m1/s1. The second kappa shape index (κ2) is 3.64. The average molecular weight is 210 g/mol. The molecule has 2 aliphatic rings. The van der Waals surface area contributed by atoms with Gasteiger partial charge in [-0.25, -0.2) is 4.79 Å². The largest absolute Gasteiger partial charge is 0.461 e. The molecule has 5 nitrogen and oxygen atoms in total. The Kier molecular flexibility index (Phi) is 2.46. The van der Waals surface area contributed by atoms with Crippen LogP contribution >= 0.6 is 0 Å². The summed E-state index contributed by atoms with van der Waals surface area (Å²) in [6, 6.07) is 0. The van der Waals surface area contributed by atoms with E-state index in [1.54, 1.807) is 6.92 Å². The molecule has 5 heteroatoms. The zero-order chi connectivity index (χ0) is 10.9. The van der Waals surface area contributed by atoms with E-state index in [1.165, 1.54) is 0 Å².